The third-order valence-electron chi connectivity index (χ3n) is 4.87. The van der Waals surface area contributed by atoms with Crippen molar-refractivity contribution in [3.8, 4) is 5.75 Å². The molecule has 1 fully saturated rings. The molecule has 0 saturated carbocycles. The van der Waals surface area contributed by atoms with Crippen molar-refractivity contribution >= 4 is 22.6 Å². The fraction of sp³-hybridized carbons (Fsp3) is 0.571. The summed E-state index contributed by atoms with van der Waals surface area (Å²) >= 11 is 1.51. The summed E-state index contributed by atoms with van der Waals surface area (Å²) in [5, 5.41) is 4.48. The number of aromatic nitrogens is 2. The number of guanidine groups is 1. The predicted octanol–water partition coefficient (Wildman–Crippen LogP) is 2.83. The lowest BCUT2D eigenvalue weighted by Crippen LogP contribution is -2.52. The molecule has 0 atom stereocenters. The van der Waals surface area contributed by atoms with Gasteiger partial charge in [0, 0.05) is 57.2 Å². The Bertz CT molecular complexity index is 785. The van der Waals surface area contributed by atoms with Gasteiger partial charge < -0.3 is 19.9 Å². The van der Waals surface area contributed by atoms with E-state index in [9.17, 15) is 0 Å². The maximum Gasteiger partial charge on any atom is 0.205 e. The first kappa shape index (κ1) is 21.4. The summed E-state index contributed by atoms with van der Waals surface area (Å²) in [6, 6.07) is 8.23. The summed E-state index contributed by atoms with van der Waals surface area (Å²) in [5.74, 6) is 2.90. The van der Waals surface area contributed by atoms with Gasteiger partial charge in [0.2, 0.25) is 5.13 Å². The highest BCUT2D eigenvalue weighted by Gasteiger charge is 2.22. The number of rotatable bonds is 8. The summed E-state index contributed by atoms with van der Waals surface area (Å²) in [6.07, 6.45) is 1.76. The number of nitrogens with zero attached hydrogens (tertiary/aromatic N) is 5. The molecule has 1 saturated heterocycles. The highest BCUT2D eigenvalue weighted by atomic mass is 32.1. The highest BCUT2D eigenvalue weighted by Crippen LogP contribution is 2.20. The zero-order valence-corrected chi connectivity index (χ0v) is 18.5. The first-order valence-corrected chi connectivity index (χ1v) is 11.3. The van der Waals surface area contributed by atoms with Crippen LogP contribution in [0, 0.1) is 0 Å². The Morgan fingerprint density at radius 2 is 1.97 bits per heavy atom. The van der Waals surface area contributed by atoms with Crippen LogP contribution < -0.4 is 15.0 Å². The van der Waals surface area contributed by atoms with Gasteiger partial charge in [-0.1, -0.05) is 25.1 Å². The van der Waals surface area contributed by atoms with Crippen LogP contribution >= 0.6 is 11.5 Å². The van der Waals surface area contributed by atoms with Crippen molar-refractivity contribution in [1.29, 1.82) is 0 Å². The minimum absolute atomic E-state index is 0.682. The van der Waals surface area contributed by atoms with E-state index in [1.54, 1.807) is 0 Å². The van der Waals surface area contributed by atoms with Crippen LogP contribution in [0.2, 0.25) is 0 Å². The number of benzene rings is 1. The lowest BCUT2D eigenvalue weighted by atomic mass is 10.1. The number of para-hydroxylation sites is 1. The molecule has 1 aliphatic heterocycles. The molecule has 1 N–H and O–H groups in total. The number of piperazine rings is 1. The van der Waals surface area contributed by atoms with E-state index in [0.717, 1.165) is 74.8 Å². The van der Waals surface area contributed by atoms with Crippen molar-refractivity contribution in [1.82, 2.24) is 19.6 Å². The smallest absolute Gasteiger partial charge is 0.205 e. The van der Waals surface area contributed by atoms with Crippen LogP contribution in [0.4, 0.5) is 5.13 Å². The first-order chi connectivity index (χ1) is 14.2. The Morgan fingerprint density at radius 1 is 1.17 bits per heavy atom. The molecule has 0 aliphatic carbocycles. The molecule has 0 amide bonds. The topological polar surface area (TPSA) is 65.9 Å². The Kier molecular flexibility index (Phi) is 8.10. The van der Waals surface area contributed by atoms with Crippen molar-refractivity contribution in [3.05, 3.63) is 35.7 Å². The average molecular weight is 417 g/mol. The second kappa shape index (κ2) is 11.0. The molecule has 8 heteroatoms. The molecular formula is C21H32N6OS. The summed E-state index contributed by atoms with van der Waals surface area (Å²) in [6.45, 7) is 12.3. The van der Waals surface area contributed by atoms with E-state index in [0.29, 0.717) is 6.61 Å². The molecule has 0 unspecified atom stereocenters. The predicted molar refractivity (Wildman–Crippen MR) is 120 cm³/mol. The molecule has 0 bridgehead atoms. The number of anilines is 1. The second-order valence-corrected chi connectivity index (χ2v) is 7.58. The number of aliphatic imine (C=N–C) groups is 1. The van der Waals surface area contributed by atoms with Gasteiger partial charge in [0.05, 0.1) is 6.61 Å². The molecule has 2 heterocycles. The van der Waals surface area contributed by atoms with Crippen LogP contribution in [0.5, 0.6) is 5.75 Å². The fourth-order valence-electron chi connectivity index (χ4n) is 3.34. The second-order valence-electron chi connectivity index (χ2n) is 6.85. The van der Waals surface area contributed by atoms with E-state index in [1.165, 1.54) is 17.1 Å². The zero-order chi connectivity index (χ0) is 20.5. The Balaban J connectivity index is 1.57. The first-order valence-electron chi connectivity index (χ1n) is 10.6. The third-order valence-corrected chi connectivity index (χ3v) is 5.69. The van der Waals surface area contributed by atoms with Gasteiger partial charge in [-0.2, -0.15) is 4.37 Å². The van der Waals surface area contributed by atoms with Gasteiger partial charge in [-0.25, -0.2) is 4.98 Å². The van der Waals surface area contributed by atoms with Crippen molar-refractivity contribution in [2.45, 2.75) is 33.6 Å². The van der Waals surface area contributed by atoms with Gasteiger partial charge >= 0.3 is 0 Å². The average Bonchev–Trinajstić information content (AvgIpc) is 3.24. The van der Waals surface area contributed by atoms with Crippen molar-refractivity contribution in [2.75, 3.05) is 50.8 Å². The van der Waals surface area contributed by atoms with Crippen LogP contribution in [0.15, 0.2) is 29.3 Å². The van der Waals surface area contributed by atoms with Gasteiger partial charge in [-0.3, -0.25) is 4.99 Å². The SMILES string of the molecule is CCNC(=NCCc1ccccc1OCC)N1CCN(c2nc(CC)ns2)CC1. The molecular weight excluding hydrogens is 384 g/mol. The molecule has 7 nitrogen and oxygen atoms in total. The number of hydrogen-bond donors (Lipinski definition) is 1. The maximum atomic E-state index is 5.73. The van der Waals surface area contributed by atoms with Gasteiger partial charge in [-0.15, -0.1) is 0 Å². The molecule has 29 heavy (non-hydrogen) atoms. The lowest BCUT2D eigenvalue weighted by molar-refractivity contribution is 0.336. The molecule has 3 rings (SSSR count). The van der Waals surface area contributed by atoms with Gasteiger partial charge in [0.15, 0.2) is 5.96 Å². The van der Waals surface area contributed by atoms with Gasteiger partial charge in [0.1, 0.15) is 11.6 Å². The Hall–Kier alpha value is -2.35. The number of ether oxygens (including phenoxy) is 1. The molecule has 0 spiro atoms. The van der Waals surface area contributed by atoms with Crippen molar-refractivity contribution in [3.63, 3.8) is 0 Å². The maximum absolute atomic E-state index is 5.73. The van der Waals surface area contributed by atoms with E-state index in [2.05, 4.69) is 50.5 Å². The minimum Gasteiger partial charge on any atom is -0.494 e. The summed E-state index contributed by atoms with van der Waals surface area (Å²) in [4.78, 5) is 14.2. The lowest BCUT2D eigenvalue weighted by Gasteiger charge is -2.36. The van der Waals surface area contributed by atoms with Crippen LogP contribution in [0.3, 0.4) is 0 Å². The molecule has 158 valence electrons. The van der Waals surface area contributed by atoms with Crippen LogP contribution in [-0.2, 0) is 12.8 Å². The quantitative estimate of drug-likeness (QED) is 0.527. The van der Waals surface area contributed by atoms with Crippen LogP contribution in [0.1, 0.15) is 32.2 Å². The molecule has 2 aromatic rings. The number of nitrogens with one attached hydrogen (secondary N) is 1. The standard InChI is InChI=1S/C21H32N6OS/c1-4-19-24-21(29-25-19)27-15-13-26(14-16-27)20(22-5-2)23-12-11-17-9-7-8-10-18(17)28-6-3/h7-10H,4-6,11-16H2,1-3H3,(H,22,23). The molecule has 1 aliphatic rings. The molecule has 1 aromatic heterocycles. The summed E-state index contributed by atoms with van der Waals surface area (Å²) < 4.78 is 10.1. The minimum atomic E-state index is 0.682. The largest absolute Gasteiger partial charge is 0.494 e. The normalized spacial score (nSPS) is 14.9. The fourth-order valence-corrected chi connectivity index (χ4v) is 4.14. The molecule has 1 aromatic carbocycles. The monoisotopic (exact) mass is 416 g/mol. The van der Waals surface area contributed by atoms with E-state index >= 15 is 0 Å². The summed E-state index contributed by atoms with van der Waals surface area (Å²) in [5.41, 5.74) is 1.21. The van der Waals surface area contributed by atoms with Gasteiger partial charge in [0.25, 0.3) is 0 Å². The molecule has 0 radical (unpaired) electrons. The summed E-state index contributed by atoms with van der Waals surface area (Å²) in [7, 11) is 0. The van der Waals surface area contributed by atoms with Crippen molar-refractivity contribution in [2.24, 2.45) is 4.99 Å². The van der Waals surface area contributed by atoms with E-state index in [-0.39, 0.29) is 0 Å². The van der Waals surface area contributed by atoms with Crippen molar-refractivity contribution < 1.29 is 4.74 Å². The third kappa shape index (κ3) is 5.82. The van der Waals surface area contributed by atoms with E-state index < -0.39 is 0 Å². The van der Waals surface area contributed by atoms with E-state index in [1.807, 2.05) is 19.1 Å². The highest BCUT2D eigenvalue weighted by molar-refractivity contribution is 7.09. The van der Waals surface area contributed by atoms with Gasteiger partial charge in [-0.05, 0) is 31.9 Å². The Morgan fingerprint density at radius 3 is 2.66 bits per heavy atom. The number of aryl methyl sites for hydroxylation is 1. The van der Waals surface area contributed by atoms with E-state index in [4.69, 9.17) is 9.73 Å². The van der Waals surface area contributed by atoms with Crippen LogP contribution in [0.25, 0.3) is 0 Å². The Labute approximate surface area is 178 Å². The number of hydrogen-bond acceptors (Lipinski definition) is 6. The van der Waals surface area contributed by atoms with Crippen LogP contribution in [-0.4, -0.2) is 66.1 Å². The zero-order valence-electron chi connectivity index (χ0n) is 17.7.